The molecule has 0 aliphatic heterocycles. The lowest BCUT2D eigenvalue weighted by atomic mass is 9.64. The molecule has 3 rings (SSSR count). The minimum Gasteiger partial charge on any atom is -0.355 e. The molecule has 128 valence electrons. The second-order valence-electron chi connectivity index (χ2n) is 8.02. The Labute approximate surface area is 141 Å². The van der Waals surface area contributed by atoms with Crippen LogP contribution in [-0.2, 0) is 4.79 Å². The first kappa shape index (κ1) is 18.1. The van der Waals surface area contributed by atoms with E-state index < -0.39 is 0 Å². The van der Waals surface area contributed by atoms with Crippen LogP contribution in [0.2, 0.25) is 0 Å². The highest BCUT2D eigenvalue weighted by atomic mass is 35.5. The molecule has 3 aliphatic rings. The summed E-state index contributed by atoms with van der Waals surface area (Å²) in [6.45, 7) is 3.17. The van der Waals surface area contributed by atoms with Crippen molar-refractivity contribution in [2.24, 2.45) is 28.9 Å². The summed E-state index contributed by atoms with van der Waals surface area (Å²) in [6.07, 6.45) is 12.3. The lowest BCUT2D eigenvalue weighted by Gasteiger charge is -2.45. The number of halogens is 1. The Hall–Kier alpha value is -0.280. The van der Waals surface area contributed by atoms with Gasteiger partial charge in [-0.2, -0.15) is 0 Å². The molecule has 0 aromatic rings. The summed E-state index contributed by atoms with van der Waals surface area (Å²) in [7, 11) is 0. The molecule has 0 radical (unpaired) electrons. The van der Waals surface area contributed by atoms with Crippen LogP contribution in [0.4, 0.5) is 0 Å². The molecule has 1 amide bonds. The SMILES string of the molecule is CCCC1(CNC(=O)C2CC3CCCC(C2)C3N)CCC1.Cl. The Morgan fingerprint density at radius 1 is 1.18 bits per heavy atom. The number of fused-ring (bicyclic) bond motifs is 2. The third-order valence-electron chi connectivity index (χ3n) is 6.62. The lowest BCUT2D eigenvalue weighted by Crippen LogP contribution is -2.50. The first-order chi connectivity index (χ1) is 10.1. The Morgan fingerprint density at radius 2 is 1.82 bits per heavy atom. The summed E-state index contributed by atoms with van der Waals surface area (Å²) >= 11 is 0. The van der Waals surface area contributed by atoms with Crippen molar-refractivity contribution in [2.45, 2.75) is 77.2 Å². The highest BCUT2D eigenvalue weighted by molar-refractivity contribution is 5.85. The van der Waals surface area contributed by atoms with Crippen LogP contribution in [0, 0.1) is 23.2 Å². The summed E-state index contributed by atoms with van der Waals surface area (Å²) < 4.78 is 0. The first-order valence-electron chi connectivity index (χ1n) is 9.17. The largest absolute Gasteiger partial charge is 0.355 e. The maximum absolute atomic E-state index is 12.6. The maximum atomic E-state index is 12.6. The Kier molecular flexibility index (Phi) is 6.18. The second kappa shape index (κ2) is 7.53. The number of hydrogen-bond donors (Lipinski definition) is 2. The minimum absolute atomic E-state index is 0. The van der Waals surface area contributed by atoms with Gasteiger partial charge < -0.3 is 11.1 Å². The van der Waals surface area contributed by atoms with Crippen molar-refractivity contribution in [3.8, 4) is 0 Å². The zero-order valence-corrected chi connectivity index (χ0v) is 14.8. The fraction of sp³-hybridized carbons (Fsp3) is 0.944. The van der Waals surface area contributed by atoms with Gasteiger partial charge in [0.1, 0.15) is 0 Å². The van der Waals surface area contributed by atoms with Gasteiger partial charge in [-0.25, -0.2) is 0 Å². The van der Waals surface area contributed by atoms with E-state index in [9.17, 15) is 4.79 Å². The van der Waals surface area contributed by atoms with Crippen molar-refractivity contribution in [2.75, 3.05) is 6.54 Å². The van der Waals surface area contributed by atoms with Crippen LogP contribution >= 0.6 is 12.4 Å². The molecule has 3 nitrogen and oxygen atoms in total. The van der Waals surface area contributed by atoms with Crippen molar-refractivity contribution in [1.29, 1.82) is 0 Å². The fourth-order valence-electron chi connectivity index (χ4n) is 5.14. The fourth-order valence-corrected chi connectivity index (χ4v) is 5.14. The zero-order chi connectivity index (χ0) is 14.9. The molecule has 3 fully saturated rings. The van der Waals surface area contributed by atoms with Crippen molar-refractivity contribution >= 4 is 18.3 Å². The van der Waals surface area contributed by atoms with Gasteiger partial charge in [-0.15, -0.1) is 12.4 Å². The average molecular weight is 329 g/mol. The highest BCUT2D eigenvalue weighted by Crippen LogP contribution is 2.45. The van der Waals surface area contributed by atoms with Crippen molar-refractivity contribution in [3.63, 3.8) is 0 Å². The van der Waals surface area contributed by atoms with E-state index in [-0.39, 0.29) is 18.3 Å². The van der Waals surface area contributed by atoms with E-state index in [1.807, 2.05) is 0 Å². The quantitative estimate of drug-likeness (QED) is 0.809. The molecule has 3 aliphatic carbocycles. The molecule has 0 aromatic heterocycles. The lowest BCUT2D eigenvalue weighted by molar-refractivity contribution is -0.128. The number of carbonyl (C=O) groups excluding carboxylic acids is 1. The van der Waals surface area contributed by atoms with E-state index in [1.165, 1.54) is 51.4 Å². The van der Waals surface area contributed by atoms with E-state index >= 15 is 0 Å². The van der Waals surface area contributed by atoms with Crippen LogP contribution < -0.4 is 11.1 Å². The topological polar surface area (TPSA) is 55.1 Å². The third-order valence-corrected chi connectivity index (χ3v) is 6.62. The van der Waals surface area contributed by atoms with Crippen LogP contribution in [-0.4, -0.2) is 18.5 Å². The molecule has 0 heterocycles. The summed E-state index contributed by atoms with van der Waals surface area (Å²) in [4.78, 5) is 12.6. The van der Waals surface area contributed by atoms with Gasteiger partial charge in [-0.1, -0.05) is 26.2 Å². The standard InChI is InChI=1S/C18H32N2O.ClH/c1-2-7-18(8-4-9-18)12-20-17(21)15-10-13-5-3-6-14(11-15)16(13)19;/h13-16H,2-12,19H2,1H3,(H,20,21);1H. The van der Waals surface area contributed by atoms with E-state index in [1.54, 1.807) is 0 Å². The van der Waals surface area contributed by atoms with Gasteiger partial charge in [0, 0.05) is 18.5 Å². The maximum Gasteiger partial charge on any atom is 0.223 e. The molecule has 3 N–H and O–H groups in total. The van der Waals surface area contributed by atoms with Gasteiger partial charge in [0.2, 0.25) is 5.91 Å². The molecule has 3 saturated carbocycles. The summed E-state index contributed by atoms with van der Waals surface area (Å²) in [5.74, 6) is 1.75. The van der Waals surface area contributed by atoms with Crippen molar-refractivity contribution < 1.29 is 4.79 Å². The predicted octanol–water partition coefficient (Wildman–Crippen LogP) is 3.65. The Balaban J connectivity index is 0.00000176. The minimum atomic E-state index is 0. The predicted molar refractivity (Wildman–Crippen MR) is 93.0 cm³/mol. The number of hydrogen-bond acceptors (Lipinski definition) is 2. The Bertz CT molecular complexity index is 369. The number of amides is 1. The summed E-state index contributed by atoms with van der Waals surface area (Å²) in [5.41, 5.74) is 6.76. The van der Waals surface area contributed by atoms with Gasteiger partial charge in [0.15, 0.2) is 0 Å². The average Bonchev–Trinajstić information content (AvgIpc) is 2.41. The molecule has 0 aromatic carbocycles. The molecule has 2 atom stereocenters. The summed E-state index contributed by atoms with van der Waals surface area (Å²) in [5, 5.41) is 3.30. The van der Waals surface area contributed by atoms with E-state index in [4.69, 9.17) is 5.73 Å². The molecule has 2 bridgehead atoms. The van der Waals surface area contributed by atoms with Crippen LogP contribution in [0.15, 0.2) is 0 Å². The molecular formula is C18H33ClN2O. The molecule has 4 heteroatoms. The smallest absolute Gasteiger partial charge is 0.223 e. The monoisotopic (exact) mass is 328 g/mol. The molecule has 22 heavy (non-hydrogen) atoms. The van der Waals surface area contributed by atoms with Gasteiger partial charge in [0.25, 0.3) is 0 Å². The van der Waals surface area contributed by atoms with Crippen molar-refractivity contribution in [3.05, 3.63) is 0 Å². The molecule has 2 unspecified atom stereocenters. The Morgan fingerprint density at radius 3 is 2.32 bits per heavy atom. The molecular weight excluding hydrogens is 296 g/mol. The van der Waals surface area contributed by atoms with E-state index in [0.717, 1.165) is 19.4 Å². The normalized spacial score (nSPS) is 35.9. The van der Waals surface area contributed by atoms with Crippen LogP contribution in [0.5, 0.6) is 0 Å². The number of nitrogens with one attached hydrogen (secondary N) is 1. The second-order valence-corrected chi connectivity index (χ2v) is 8.02. The number of carbonyl (C=O) groups is 1. The van der Waals surface area contributed by atoms with Gasteiger partial charge in [0.05, 0.1) is 0 Å². The number of rotatable bonds is 5. The molecule has 0 saturated heterocycles. The number of nitrogens with two attached hydrogens (primary N) is 1. The highest BCUT2D eigenvalue weighted by Gasteiger charge is 2.41. The van der Waals surface area contributed by atoms with Gasteiger partial charge in [-0.3, -0.25) is 4.79 Å². The third kappa shape index (κ3) is 3.62. The van der Waals surface area contributed by atoms with Crippen LogP contribution in [0.25, 0.3) is 0 Å². The zero-order valence-electron chi connectivity index (χ0n) is 14.0. The van der Waals surface area contributed by atoms with Crippen LogP contribution in [0.1, 0.15) is 71.1 Å². The van der Waals surface area contributed by atoms with Gasteiger partial charge >= 0.3 is 0 Å². The van der Waals surface area contributed by atoms with Crippen LogP contribution in [0.3, 0.4) is 0 Å². The molecule has 0 spiro atoms. The van der Waals surface area contributed by atoms with E-state index in [0.29, 0.717) is 29.2 Å². The first-order valence-corrected chi connectivity index (χ1v) is 9.17. The van der Waals surface area contributed by atoms with E-state index in [2.05, 4.69) is 12.2 Å². The van der Waals surface area contributed by atoms with Gasteiger partial charge in [-0.05, 0) is 62.2 Å². The summed E-state index contributed by atoms with van der Waals surface area (Å²) in [6, 6.07) is 0.362. The van der Waals surface area contributed by atoms with Crippen molar-refractivity contribution in [1.82, 2.24) is 5.32 Å².